The molecule has 0 unspecified atom stereocenters. The van der Waals surface area contributed by atoms with E-state index in [0.717, 1.165) is 0 Å². The van der Waals surface area contributed by atoms with Crippen LogP contribution in [0.2, 0.25) is 0 Å². The van der Waals surface area contributed by atoms with E-state index in [1.807, 2.05) is 0 Å². The van der Waals surface area contributed by atoms with Crippen molar-refractivity contribution in [2.45, 2.75) is 10.8 Å². The lowest BCUT2D eigenvalue weighted by molar-refractivity contribution is 0.414. The average molecular weight is 263 g/mol. The third-order valence-corrected chi connectivity index (χ3v) is 4.06. The highest BCUT2D eigenvalue weighted by atomic mass is 32.2. The van der Waals surface area contributed by atoms with E-state index in [1.54, 1.807) is 43.5 Å². The molecule has 0 aliphatic rings. The Morgan fingerprint density at radius 1 is 1.11 bits per heavy atom. The summed E-state index contributed by atoms with van der Waals surface area (Å²) in [5.74, 6) is 0.641. The topological polar surface area (TPSA) is 56.3 Å². The fraction of sp³-hybridized carbons (Fsp3) is 0.154. The third kappa shape index (κ3) is 2.87. The van der Waals surface area contributed by atoms with Crippen LogP contribution < -0.4 is 4.74 Å². The standard InChI is InChI=1S/C13H13NO3S/c1-17-12-7-5-11(6-8-12)10-18(15,16)13-4-2-3-9-14-13/h2-9H,10H2,1H3. The van der Waals surface area contributed by atoms with E-state index in [0.29, 0.717) is 11.3 Å². The number of benzene rings is 1. The van der Waals surface area contributed by atoms with Crippen LogP contribution in [0.15, 0.2) is 53.7 Å². The predicted molar refractivity (Wildman–Crippen MR) is 68.1 cm³/mol. The minimum atomic E-state index is -3.38. The summed E-state index contributed by atoms with van der Waals surface area (Å²) in [4.78, 5) is 3.87. The first-order chi connectivity index (χ1) is 8.62. The molecule has 0 aliphatic heterocycles. The molecular weight excluding hydrogens is 250 g/mol. The number of rotatable bonds is 4. The van der Waals surface area contributed by atoms with Gasteiger partial charge >= 0.3 is 0 Å². The molecule has 0 bridgehead atoms. The molecule has 1 aromatic heterocycles. The largest absolute Gasteiger partial charge is 0.497 e. The van der Waals surface area contributed by atoms with Crippen molar-refractivity contribution in [1.82, 2.24) is 4.98 Å². The minimum absolute atomic E-state index is 0.0615. The Balaban J connectivity index is 2.22. The van der Waals surface area contributed by atoms with Crippen LogP contribution >= 0.6 is 0 Å². The van der Waals surface area contributed by atoms with Crippen molar-refractivity contribution in [1.29, 1.82) is 0 Å². The maximum atomic E-state index is 12.1. The third-order valence-electron chi connectivity index (χ3n) is 2.47. The first-order valence-corrected chi connectivity index (χ1v) is 7.04. The first-order valence-electron chi connectivity index (χ1n) is 5.38. The molecule has 0 saturated heterocycles. The van der Waals surface area contributed by atoms with E-state index in [-0.39, 0.29) is 10.8 Å². The highest BCUT2D eigenvalue weighted by Gasteiger charge is 2.16. The molecule has 4 nitrogen and oxygen atoms in total. The monoisotopic (exact) mass is 263 g/mol. The molecule has 0 fully saturated rings. The quantitative estimate of drug-likeness (QED) is 0.847. The van der Waals surface area contributed by atoms with Crippen LogP contribution in [-0.2, 0) is 15.6 Å². The molecule has 0 atom stereocenters. The molecule has 5 heteroatoms. The second-order valence-corrected chi connectivity index (χ2v) is 5.71. The second-order valence-electron chi connectivity index (χ2n) is 3.78. The molecule has 0 aliphatic carbocycles. The van der Waals surface area contributed by atoms with E-state index >= 15 is 0 Å². The van der Waals surface area contributed by atoms with Crippen molar-refractivity contribution in [2.24, 2.45) is 0 Å². The molecular formula is C13H13NO3S. The van der Waals surface area contributed by atoms with Gasteiger partial charge in [0.2, 0.25) is 0 Å². The van der Waals surface area contributed by atoms with Gasteiger partial charge in [0.15, 0.2) is 14.9 Å². The lowest BCUT2D eigenvalue weighted by Gasteiger charge is -2.04. The summed E-state index contributed by atoms with van der Waals surface area (Å²) < 4.78 is 29.1. The van der Waals surface area contributed by atoms with Crippen LogP contribution in [0, 0.1) is 0 Å². The number of hydrogen-bond donors (Lipinski definition) is 0. The number of pyridine rings is 1. The van der Waals surface area contributed by atoms with Crippen molar-refractivity contribution in [3.63, 3.8) is 0 Å². The normalized spacial score (nSPS) is 11.2. The highest BCUT2D eigenvalue weighted by Crippen LogP contribution is 2.17. The van der Waals surface area contributed by atoms with Crippen molar-refractivity contribution in [3.05, 3.63) is 54.2 Å². The summed E-state index contributed by atoms with van der Waals surface area (Å²) in [5.41, 5.74) is 0.710. The summed E-state index contributed by atoms with van der Waals surface area (Å²) >= 11 is 0. The van der Waals surface area contributed by atoms with Gasteiger partial charge in [-0.1, -0.05) is 18.2 Å². The van der Waals surface area contributed by atoms with Gasteiger partial charge in [-0.05, 0) is 29.8 Å². The number of methoxy groups -OCH3 is 1. The van der Waals surface area contributed by atoms with E-state index < -0.39 is 9.84 Å². The Kier molecular flexibility index (Phi) is 3.62. The Hall–Kier alpha value is -1.88. The minimum Gasteiger partial charge on any atom is -0.497 e. The Morgan fingerprint density at radius 3 is 2.39 bits per heavy atom. The molecule has 2 aromatic rings. The second kappa shape index (κ2) is 5.18. The zero-order valence-corrected chi connectivity index (χ0v) is 10.7. The van der Waals surface area contributed by atoms with Crippen molar-refractivity contribution >= 4 is 9.84 Å². The maximum absolute atomic E-state index is 12.1. The van der Waals surface area contributed by atoms with Gasteiger partial charge in [0.1, 0.15) is 5.75 Å². The van der Waals surface area contributed by atoms with Crippen LogP contribution in [0.1, 0.15) is 5.56 Å². The number of aromatic nitrogens is 1. The number of ether oxygens (including phenoxy) is 1. The lowest BCUT2D eigenvalue weighted by atomic mass is 10.2. The molecule has 0 spiro atoms. The molecule has 94 valence electrons. The van der Waals surface area contributed by atoms with Gasteiger partial charge in [0, 0.05) is 6.20 Å². The smallest absolute Gasteiger partial charge is 0.199 e. The molecule has 1 heterocycles. The van der Waals surface area contributed by atoms with Crippen molar-refractivity contribution in [3.8, 4) is 5.75 Å². The molecule has 0 radical (unpaired) electrons. The molecule has 1 aromatic carbocycles. The van der Waals surface area contributed by atoms with Crippen LogP contribution in [0.5, 0.6) is 5.75 Å². The fourth-order valence-corrected chi connectivity index (χ4v) is 2.83. The number of sulfone groups is 1. The van der Waals surface area contributed by atoms with E-state index in [2.05, 4.69) is 4.98 Å². The summed E-state index contributed by atoms with van der Waals surface area (Å²) in [7, 11) is -1.82. The zero-order valence-electron chi connectivity index (χ0n) is 9.91. The van der Waals surface area contributed by atoms with Crippen LogP contribution in [0.3, 0.4) is 0 Å². The SMILES string of the molecule is COc1ccc(CS(=O)(=O)c2ccccn2)cc1. The molecule has 2 rings (SSSR count). The van der Waals surface area contributed by atoms with Crippen LogP contribution in [0.4, 0.5) is 0 Å². The summed E-state index contributed by atoms with van der Waals surface area (Å²) in [5, 5.41) is 0.0980. The molecule has 0 saturated carbocycles. The van der Waals surface area contributed by atoms with E-state index in [1.165, 1.54) is 12.3 Å². The van der Waals surface area contributed by atoms with Gasteiger partial charge in [0.05, 0.1) is 12.9 Å². The Labute approximate surface area is 106 Å². The Morgan fingerprint density at radius 2 is 1.83 bits per heavy atom. The highest BCUT2D eigenvalue weighted by molar-refractivity contribution is 7.90. The van der Waals surface area contributed by atoms with Crippen LogP contribution in [0.25, 0.3) is 0 Å². The van der Waals surface area contributed by atoms with E-state index in [4.69, 9.17) is 4.74 Å². The summed E-state index contributed by atoms with van der Waals surface area (Å²) in [6, 6.07) is 11.8. The van der Waals surface area contributed by atoms with Crippen LogP contribution in [-0.4, -0.2) is 20.5 Å². The van der Waals surface area contributed by atoms with Gasteiger partial charge in [-0.2, -0.15) is 0 Å². The number of hydrogen-bond acceptors (Lipinski definition) is 4. The van der Waals surface area contributed by atoms with Gasteiger partial charge in [-0.15, -0.1) is 0 Å². The Bertz CT molecular complexity index is 606. The summed E-state index contributed by atoms with van der Waals surface area (Å²) in [6.45, 7) is 0. The average Bonchev–Trinajstić information content (AvgIpc) is 2.40. The van der Waals surface area contributed by atoms with Gasteiger partial charge in [-0.25, -0.2) is 13.4 Å². The maximum Gasteiger partial charge on any atom is 0.199 e. The van der Waals surface area contributed by atoms with Crippen molar-refractivity contribution < 1.29 is 13.2 Å². The zero-order chi connectivity index (χ0) is 13.0. The number of nitrogens with zero attached hydrogens (tertiary/aromatic N) is 1. The van der Waals surface area contributed by atoms with Gasteiger partial charge in [0.25, 0.3) is 0 Å². The molecule has 0 amide bonds. The van der Waals surface area contributed by atoms with Gasteiger partial charge in [-0.3, -0.25) is 0 Å². The van der Waals surface area contributed by atoms with Gasteiger partial charge < -0.3 is 4.74 Å². The molecule has 18 heavy (non-hydrogen) atoms. The first kappa shape index (κ1) is 12.6. The summed E-state index contributed by atoms with van der Waals surface area (Å²) in [6.07, 6.45) is 1.47. The fourth-order valence-electron chi connectivity index (χ4n) is 1.55. The van der Waals surface area contributed by atoms with Crippen molar-refractivity contribution in [2.75, 3.05) is 7.11 Å². The predicted octanol–water partition coefficient (Wildman–Crippen LogP) is 2.06. The molecule has 0 N–H and O–H groups in total. The lowest BCUT2D eigenvalue weighted by Crippen LogP contribution is -2.06. The van der Waals surface area contributed by atoms with E-state index in [9.17, 15) is 8.42 Å².